The van der Waals surface area contributed by atoms with Gasteiger partial charge in [0.15, 0.2) is 5.78 Å². The van der Waals surface area contributed by atoms with E-state index in [1.165, 1.54) is 0 Å². The van der Waals surface area contributed by atoms with E-state index in [0.29, 0.717) is 0 Å². The Morgan fingerprint density at radius 3 is 2.20 bits per heavy atom. The van der Waals surface area contributed by atoms with Gasteiger partial charge in [0.1, 0.15) is 0 Å². The maximum Gasteiger partial charge on any atom is 0.461 e. The number of rotatable bonds is 3. The standard InChI is InChI=1S/C16H21BO3/c1-15(2)16(3,4)20-17(19-15)13-10-12(13)14(18)11-8-6-5-7-9-11/h5-9,12-13H,10H2,1-4H3/t12-,13-/m0/s1. The van der Waals surface area contributed by atoms with Gasteiger partial charge in [0, 0.05) is 17.3 Å². The van der Waals surface area contributed by atoms with E-state index in [2.05, 4.69) is 0 Å². The van der Waals surface area contributed by atoms with E-state index in [1.54, 1.807) is 0 Å². The van der Waals surface area contributed by atoms with Crippen molar-refractivity contribution in [1.29, 1.82) is 0 Å². The Morgan fingerprint density at radius 1 is 1.10 bits per heavy atom. The maximum absolute atomic E-state index is 12.4. The highest BCUT2D eigenvalue weighted by Gasteiger charge is 2.61. The molecule has 1 aliphatic heterocycles. The summed E-state index contributed by atoms with van der Waals surface area (Å²) in [4.78, 5) is 12.4. The molecule has 20 heavy (non-hydrogen) atoms. The summed E-state index contributed by atoms with van der Waals surface area (Å²) in [5, 5.41) is 0. The highest BCUT2D eigenvalue weighted by Crippen LogP contribution is 2.54. The van der Waals surface area contributed by atoms with Crippen LogP contribution in [0, 0.1) is 5.92 Å². The lowest BCUT2D eigenvalue weighted by atomic mass is 9.79. The number of benzene rings is 1. The van der Waals surface area contributed by atoms with Crippen LogP contribution in [-0.2, 0) is 9.31 Å². The van der Waals surface area contributed by atoms with Crippen molar-refractivity contribution in [3.8, 4) is 0 Å². The van der Waals surface area contributed by atoms with Crippen LogP contribution in [-0.4, -0.2) is 24.1 Å². The Hall–Kier alpha value is -1.13. The Kier molecular flexibility index (Phi) is 3.07. The van der Waals surface area contributed by atoms with E-state index in [9.17, 15) is 4.79 Å². The van der Waals surface area contributed by atoms with Crippen molar-refractivity contribution in [2.24, 2.45) is 5.92 Å². The number of Topliss-reactive ketones (excluding diaryl/α,β-unsaturated/α-hetero) is 1. The molecule has 1 aromatic carbocycles. The van der Waals surface area contributed by atoms with Crippen molar-refractivity contribution in [2.45, 2.75) is 51.1 Å². The summed E-state index contributed by atoms with van der Waals surface area (Å²) in [6.07, 6.45) is 0.866. The zero-order valence-electron chi connectivity index (χ0n) is 12.6. The molecule has 2 aliphatic rings. The van der Waals surface area contributed by atoms with Gasteiger partial charge in [-0.25, -0.2) is 0 Å². The van der Waals surface area contributed by atoms with Gasteiger partial charge >= 0.3 is 7.12 Å². The fourth-order valence-electron chi connectivity index (χ4n) is 2.70. The number of ketones is 1. The number of carbonyl (C=O) groups excluding carboxylic acids is 1. The summed E-state index contributed by atoms with van der Waals surface area (Å²) in [6.45, 7) is 8.18. The van der Waals surface area contributed by atoms with Crippen molar-refractivity contribution < 1.29 is 14.1 Å². The molecular formula is C16H21BO3. The summed E-state index contributed by atoms with van der Waals surface area (Å²) < 4.78 is 12.1. The molecule has 0 spiro atoms. The summed E-state index contributed by atoms with van der Waals surface area (Å²) in [6, 6.07) is 9.48. The van der Waals surface area contributed by atoms with Crippen LogP contribution < -0.4 is 0 Å². The highest BCUT2D eigenvalue weighted by atomic mass is 16.7. The second-order valence-electron chi connectivity index (χ2n) is 6.86. The van der Waals surface area contributed by atoms with Crippen LogP contribution in [0.5, 0.6) is 0 Å². The Balaban J connectivity index is 1.68. The van der Waals surface area contributed by atoms with E-state index >= 15 is 0 Å². The van der Waals surface area contributed by atoms with Gasteiger partial charge in [-0.1, -0.05) is 30.3 Å². The van der Waals surface area contributed by atoms with Crippen LogP contribution in [0.4, 0.5) is 0 Å². The lowest BCUT2D eigenvalue weighted by Crippen LogP contribution is -2.41. The molecule has 1 aromatic rings. The van der Waals surface area contributed by atoms with Gasteiger partial charge in [0.05, 0.1) is 11.2 Å². The first-order chi connectivity index (χ1) is 9.32. The van der Waals surface area contributed by atoms with E-state index in [1.807, 2.05) is 58.0 Å². The molecule has 106 valence electrons. The molecule has 1 heterocycles. The predicted molar refractivity (Wildman–Crippen MR) is 78.7 cm³/mol. The van der Waals surface area contributed by atoms with E-state index in [0.717, 1.165) is 12.0 Å². The molecule has 1 saturated heterocycles. The molecule has 0 bridgehead atoms. The average Bonchev–Trinajstić information content (AvgIpc) is 3.13. The molecule has 2 fully saturated rings. The second kappa shape index (κ2) is 4.44. The SMILES string of the molecule is CC1(C)OB([C@H]2C[C@@H]2C(=O)c2ccccc2)OC1(C)C. The monoisotopic (exact) mass is 272 g/mol. The minimum atomic E-state index is -0.319. The second-order valence-corrected chi connectivity index (χ2v) is 6.86. The molecular weight excluding hydrogens is 251 g/mol. The molecule has 3 nitrogen and oxygen atoms in total. The van der Waals surface area contributed by atoms with Crippen LogP contribution in [0.15, 0.2) is 30.3 Å². The van der Waals surface area contributed by atoms with Gasteiger partial charge in [-0.05, 0) is 34.1 Å². The summed E-state index contributed by atoms with van der Waals surface area (Å²) in [7, 11) is -0.252. The Labute approximate surface area is 120 Å². The van der Waals surface area contributed by atoms with Crippen LogP contribution in [0.2, 0.25) is 5.82 Å². The van der Waals surface area contributed by atoms with Gasteiger partial charge in [-0.15, -0.1) is 0 Å². The molecule has 0 aromatic heterocycles. The third kappa shape index (κ3) is 2.21. The zero-order chi connectivity index (χ0) is 14.5. The molecule has 0 radical (unpaired) electrons. The number of hydrogen-bond acceptors (Lipinski definition) is 3. The van der Waals surface area contributed by atoms with Crippen LogP contribution >= 0.6 is 0 Å². The molecule has 2 atom stereocenters. The van der Waals surface area contributed by atoms with E-state index < -0.39 is 0 Å². The van der Waals surface area contributed by atoms with Crippen LogP contribution in [0.3, 0.4) is 0 Å². The summed E-state index contributed by atoms with van der Waals surface area (Å²) >= 11 is 0. The Morgan fingerprint density at radius 2 is 1.65 bits per heavy atom. The normalized spacial score (nSPS) is 30.3. The van der Waals surface area contributed by atoms with Crippen molar-refractivity contribution in [3.63, 3.8) is 0 Å². The highest BCUT2D eigenvalue weighted by molar-refractivity contribution is 6.49. The quantitative estimate of drug-likeness (QED) is 0.625. The molecule has 4 heteroatoms. The smallest absolute Gasteiger partial charge is 0.403 e. The fourth-order valence-corrected chi connectivity index (χ4v) is 2.70. The Bertz CT molecular complexity index is 508. The van der Waals surface area contributed by atoms with E-state index in [4.69, 9.17) is 9.31 Å². The van der Waals surface area contributed by atoms with Crippen molar-refractivity contribution in [1.82, 2.24) is 0 Å². The van der Waals surface area contributed by atoms with Crippen LogP contribution in [0.1, 0.15) is 44.5 Å². The van der Waals surface area contributed by atoms with Gasteiger partial charge in [-0.3, -0.25) is 4.79 Å². The van der Waals surface area contributed by atoms with Gasteiger partial charge in [0.2, 0.25) is 0 Å². The fraction of sp³-hybridized carbons (Fsp3) is 0.562. The third-order valence-electron chi connectivity index (χ3n) is 4.86. The van der Waals surface area contributed by atoms with E-state index in [-0.39, 0.29) is 35.8 Å². The first-order valence-corrected chi connectivity index (χ1v) is 7.27. The lowest BCUT2D eigenvalue weighted by Gasteiger charge is -2.32. The number of carbonyl (C=O) groups is 1. The summed E-state index contributed by atoms with van der Waals surface area (Å²) in [5.41, 5.74) is 0.151. The maximum atomic E-state index is 12.4. The first kappa shape index (κ1) is 13.8. The van der Waals surface area contributed by atoms with Crippen molar-refractivity contribution in [3.05, 3.63) is 35.9 Å². The third-order valence-corrected chi connectivity index (χ3v) is 4.86. The molecule has 0 amide bonds. The minimum absolute atomic E-state index is 0.0482. The predicted octanol–water partition coefficient (Wildman–Crippen LogP) is 3.35. The first-order valence-electron chi connectivity index (χ1n) is 7.27. The van der Waals surface area contributed by atoms with Crippen LogP contribution in [0.25, 0.3) is 0 Å². The van der Waals surface area contributed by atoms with Gasteiger partial charge < -0.3 is 9.31 Å². The number of hydrogen-bond donors (Lipinski definition) is 0. The molecule has 1 saturated carbocycles. The van der Waals surface area contributed by atoms with Crippen molar-refractivity contribution >= 4 is 12.9 Å². The van der Waals surface area contributed by atoms with Gasteiger partial charge in [-0.2, -0.15) is 0 Å². The molecule has 3 rings (SSSR count). The topological polar surface area (TPSA) is 35.5 Å². The minimum Gasteiger partial charge on any atom is -0.403 e. The lowest BCUT2D eigenvalue weighted by molar-refractivity contribution is 0.00578. The van der Waals surface area contributed by atoms with Crippen molar-refractivity contribution in [2.75, 3.05) is 0 Å². The molecule has 0 unspecified atom stereocenters. The zero-order valence-corrected chi connectivity index (χ0v) is 12.6. The molecule has 1 aliphatic carbocycles. The molecule has 0 N–H and O–H groups in total. The summed E-state index contributed by atoms with van der Waals surface area (Å²) in [5.74, 6) is 0.459. The average molecular weight is 272 g/mol. The van der Waals surface area contributed by atoms with Gasteiger partial charge in [0.25, 0.3) is 0 Å². The largest absolute Gasteiger partial charge is 0.461 e.